The number of aromatic amines is 1. The number of anilines is 1. The van der Waals surface area contributed by atoms with Crippen LogP contribution in [0.4, 0.5) is 5.95 Å². The van der Waals surface area contributed by atoms with Crippen LogP contribution in [0.2, 0.25) is 0 Å². The van der Waals surface area contributed by atoms with E-state index in [4.69, 9.17) is 5.11 Å². The number of H-pyrrole nitrogens is 1. The minimum absolute atomic E-state index is 0.356. The molecule has 0 aromatic carbocycles. The molecule has 1 fully saturated rings. The van der Waals surface area contributed by atoms with Crippen LogP contribution >= 0.6 is 0 Å². The van der Waals surface area contributed by atoms with Crippen LogP contribution in [0.25, 0.3) is 0 Å². The Bertz CT molecular complexity index is 450. The smallest absolute Gasteiger partial charge is 0.362 e. The lowest BCUT2D eigenvalue weighted by Crippen LogP contribution is -2.34. The van der Waals surface area contributed by atoms with Gasteiger partial charge < -0.3 is 10.0 Å². The van der Waals surface area contributed by atoms with Crippen molar-refractivity contribution in [2.45, 2.75) is 19.3 Å². The molecule has 0 spiro atoms. The molecule has 0 unspecified atom stereocenters. The Balaban J connectivity index is 2.26. The Kier molecular flexibility index (Phi) is 2.84. The largest absolute Gasteiger partial charge is 0.476 e. The van der Waals surface area contributed by atoms with E-state index < -0.39 is 17.2 Å². The van der Waals surface area contributed by atoms with E-state index in [0.29, 0.717) is 5.95 Å². The van der Waals surface area contributed by atoms with E-state index >= 15 is 0 Å². The van der Waals surface area contributed by atoms with Crippen molar-refractivity contribution in [3.63, 3.8) is 0 Å². The van der Waals surface area contributed by atoms with E-state index in [9.17, 15) is 9.59 Å². The van der Waals surface area contributed by atoms with E-state index in [1.807, 2.05) is 4.90 Å². The first kappa shape index (κ1) is 10.6. The Morgan fingerprint density at radius 1 is 1.25 bits per heavy atom. The molecule has 1 saturated heterocycles. The number of rotatable bonds is 2. The summed E-state index contributed by atoms with van der Waals surface area (Å²) >= 11 is 0. The third-order valence-corrected chi connectivity index (χ3v) is 2.54. The molecule has 0 saturated carbocycles. The number of piperidine rings is 1. The number of nitrogens with one attached hydrogen (secondary N) is 1. The Morgan fingerprint density at radius 2 is 1.94 bits per heavy atom. The van der Waals surface area contributed by atoms with Crippen LogP contribution in [-0.4, -0.2) is 39.3 Å². The first-order chi connectivity index (χ1) is 7.68. The normalized spacial score (nSPS) is 16.1. The van der Waals surface area contributed by atoms with Gasteiger partial charge in [0, 0.05) is 13.1 Å². The third-order valence-electron chi connectivity index (χ3n) is 2.54. The number of carbonyl (C=O) groups is 1. The molecule has 0 aliphatic carbocycles. The fraction of sp³-hybridized carbons (Fsp3) is 0.556. The van der Waals surface area contributed by atoms with Gasteiger partial charge in [-0.2, -0.15) is 0 Å². The highest BCUT2D eigenvalue weighted by molar-refractivity contribution is 5.84. The minimum atomic E-state index is -1.36. The summed E-state index contributed by atoms with van der Waals surface area (Å²) in [5, 5.41) is 15.8. The maximum absolute atomic E-state index is 11.4. The SMILES string of the molecule is O=C(O)c1nnc(N2CCCCC2)[nH]c1=O. The second-order valence-electron chi connectivity index (χ2n) is 3.68. The quantitative estimate of drug-likeness (QED) is 0.725. The number of hydrogen-bond donors (Lipinski definition) is 2. The van der Waals surface area contributed by atoms with Gasteiger partial charge in [0.05, 0.1) is 0 Å². The lowest BCUT2D eigenvalue weighted by molar-refractivity contribution is 0.0687. The molecule has 0 atom stereocenters. The molecular formula is C9H12N4O3. The lowest BCUT2D eigenvalue weighted by atomic mass is 10.1. The minimum Gasteiger partial charge on any atom is -0.476 e. The number of aromatic nitrogens is 3. The van der Waals surface area contributed by atoms with Gasteiger partial charge in [-0.05, 0) is 19.3 Å². The molecule has 0 bridgehead atoms. The van der Waals surface area contributed by atoms with Crippen LogP contribution in [0.15, 0.2) is 4.79 Å². The van der Waals surface area contributed by atoms with E-state index in [2.05, 4.69) is 15.2 Å². The molecule has 1 aromatic heterocycles. The first-order valence-corrected chi connectivity index (χ1v) is 5.14. The topological polar surface area (TPSA) is 99.2 Å². The van der Waals surface area contributed by atoms with Crippen LogP contribution < -0.4 is 10.5 Å². The zero-order chi connectivity index (χ0) is 11.5. The van der Waals surface area contributed by atoms with Crippen LogP contribution in [-0.2, 0) is 0 Å². The zero-order valence-electron chi connectivity index (χ0n) is 8.64. The van der Waals surface area contributed by atoms with Gasteiger partial charge in [0.2, 0.25) is 11.6 Å². The summed E-state index contributed by atoms with van der Waals surface area (Å²) in [4.78, 5) is 26.3. The van der Waals surface area contributed by atoms with Crippen molar-refractivity contribution >= 4 is 11.9 Å². The Hall–Kier alpha value is -1.92. The van der Waals surface area contributed by atoms with E-state index in [1.54, 1.807) is 0 Å². The first-order valence-electron chi connectivity index (χ1n) is 5.14. The monoisotopic (exact) mass is 224 g/mol. The summed E-state index contributed by atoms with van der Waals surface area (Å²) in [6, 6.07) is 0. The molecule has 7 heteroatoms. The second-order valence-corrected chi connectivity index (χ2v) is 3.68. The highest BCUT2D eigenvalue weighted by Gasteiger charge is 2.17. The number of hydrogen-bond acceptors (Lipinski definition) is 5. The molecule has 2 heterocycles. The summed E-state index contributed by atoms with van der Waals surface area (Å²) in [5.41, 5.74) is -1.27. The molecule has 1 aliphatic heterocycles. The van der Waals surface area contributed by atoms with Crippen LogP contribution in [0.1, 0.15) is 29.8 Å². The maximum atomic E-state index is 11.4. The van der Waals surface area contributed by atoms with Crippen molar-refractivity contribution in [3.8, 4) is 0 Å². The van der Waals surface area contributed by atoms with E-state index in [-0.39, 0.29) is 0 Å². The highest BCUT2D eigenvalue weighted by Crippen LogP contribution is 2.13. The van der Waals surface area contributed by atoms with E-state index in [0.717, 1.165) is 25.9 Å². The molecule has 1 aliphatic rings. The average Bonchev–Trinajstić information content (AvgIpc) is 2.29. The van der Waals surface area contributed by atoms with Crippen molar-refractivity contribution in [3.05, 3.63) is 16.0 Å². The van der Waals surface area contributed by atoms with Crippen molar-refractivity contribution in [1.82, 2.24) is 15.2 Å². The molecule has 2 N–H and O–H groups in total. The number of aromatic carboxylic acids is 1. The summed E-state index contributed by atoms with van der Waals surface area (Å²) < 4.78 is 0. The maximum Gasteiger partial charge on any atom is 0.362 e. The third kappa shape index (κ3) is 2.02. The number of carboxylic acid groups (broad SMARTS) is 1. The second kappa shape index (κ2) is 4.30. The molecule has 1 aromatic rings. The Labute approximate surface area is 91.1 Å². The molecule has 0 amide bonds. The Morgan fingerprint density at radius 3 is 2.50 bits per heavy atom. The molecule has 16 heavy (non-hydrogen) atoms. The van der Waals surface area contributed by atoms with Crippen molar-refractivity contribution in [2.24, 2.45) is 0 Å². The molecular weight excluding hydrogens is 212 g/mol. The van der Waals surface area contributed by atoms with E-state index in [1.165, 1.54) is 6.42 Å². The fourth-order valence-corrected chi connectivity index (χ4v) is 1.72. The summed E-state index contributed by atoms with van der Waals surface area (Å²) in [7, 11) is 0. The van der Waals surface area contributed by atoms with Crippen molar-refractivity contribution in [1.29, 1.82) is 0 Å². The van der Waals surface area contributed by atoms with Crippen molar-refractivity contribution < 1.29 is 9.90 Å². The summed E-state index contributed by atoms with van der Waals surface area (Å²) in [6.45, 7) is 1.63. The fourth-order valence-electron chi connectivity index (χ4n) is 1.72. The van der Waals surface area contributed by atoms with Crippen LogP contribution in [0.3, 0.4) is 0 Å². The summed E-state index contributed by atoms with van der Waals surface area (Å²) in [5.74, 6) is -1.01. The predicted molar refractivity (Wildman–Crippen MR) is 55.7 cm³/mol. The standard InChI is InChI=1S/C9H12N4O3/c14-7-6(8(15)16)11-12-9(10-7)13-4-2-1-3-5-13/h1-5H2,(H,15,16)(H,10,12,14). The van der Waals surface area contributed by atoms with Gasteiger partial charge >= 0.3 is 5.97 Å². The van der Waals surface area contributed by atoms with Crippen LogP contribution in [0.5, 0.6) is 0 Å². The average molecular weight is 224 g/mol. The van der Waals surface area contributed by atoms with Crippen molar-refractivity contribution in [2.75, 3.05) is 18.0 Å². The van der Waals surface area contributed by atoms with Gasteiger partial charge in [-0.3, -0.25) is 9.78 Å². The zero-order valence-corrected chi connectivity index (χ0v) is 8.64. The number of carboxylic acids is 1. The molecule has 0 radical (unpaired) electrons. The van der Waals surface area contributed by atoms with Gasteiger partial charge in [-0.15, -0.1) is 10.2 Å². The highest BCUT2D eigenvalue weighted by atomic mass is 16.4. The molecule has 86 valence electrons. The lowest BCUT2D eigenvalue weighted by Gasteiger charge is -2.26. The van der Waals surface area contributed by atoms with Gasteiger partial charge in [0.1, 0.15) is 0 Å². The summed E-state index contributed by atoms with van der Waals surface area (Å²) in [6.07, 6.45) is 3.26. The van der Waals surface area contributed by atoms with Gasteiger partial charge in [-0.1, -0.05) is 0 Å². The van der Waals surface area contributed by atoms with Crippen LogP contribution in [0, 0.1) is 0 Å². The molecule has 2 rings (SSSR count). The predicted octanol–water partition coefficient (Wildman–Crippen LogP) is -0.147. The molecule has 7 nitrogen and oxygen atoms in total. The van der Waals surface area contributed by atoms with Gasteiger partial charge in [-0.25, -0.2) is 4.79 Å². The number of nitrogens with zero attached hydrogens (tertiary/aromatic N) is 3. The van der Waals surface area contributed by atoms with Gasteiger partial charge in [0.15, 0.2) is 0 Å². The van der Waals surface area contributed by atoms with Gasteiger partial charge in [0.25, 0.3) is 5.56 Å².